The van der Waals surface area contributed by atoms with Crippen LogP contribution in [0.15, 0.2) is 22.7 Å². The number of hydrogen-bond donors (Lipinski definition) is 1. The molecule has 0 amide bonds. The van der Waals surface area contributed by atoms with Crippen molar-refractivity contribution in [1.29, 1.82) is 0 Å². The molecule has 0 aliphatic rings. The lowest BCUT2D eigenvalue weighted by atomic mass is 10.2. The van der Waals surface area contributed by atoms with Crippen LogP contribution in [0.2, 0.25) is 0 Å². The molecule has 0 fully saturated rings. The number of hydrogen-bond acceptors (Lipinski definition) is 5. The van der Waals surface area contributed by atoms with E-state index in [9.17, 15) is 4.79 Å². The van der Waals surface area contributed by atoms with E-state index in [-0.39, 0.29) is 5.75 Å². The van der Waals surface area contributed by atoms with Crippen molar-refractivity contribution in [2.24, 2.45) is 7.05 Å². The van der Waals surface area contributed by atoms with Gasteiger partial charge in [0.2, 0.25) is 0 Å². The van der Waals surface area contributed by atoms with Crippen LogP contribution in [-0.4, -0.2) is 31.6 Å². The monoisotopic (exact) mass is 297 g/mol. The maximum absolute atomic E-state index is 10.5. The fourth-order valence-electron chi connectivity index (χ4n) is 1.65. The highest BCUT2D eigenvalue weighted by molar-refractivity contribution is 7.99. The lowest BCUT2D eigenvalue weighted by molar-refractivity contribution is -0.133. The third kappa shape index (κ3) is 4.36. The number of aliphatic carboxylic acids is 1. The Morgan fingerprint density at radius 3 is 3.05 bits per heavy atom. The Bertz CT molecular complexity index is 537. The molecule has 2 aromatic rings. The van der Waals surface area contributed by atoms with E-state index in [0.717, 1.165) is 25.1 Å². The number of thiophene rings is 1. The molecule has 2 heterocycles. The SMILES string of the molecule is Cn1nc(CCCc2cccs2)nc1SCC(=O)O. The Kier molecular flexibility index (Phi) is 4.98. The molecule has 7 heteroatoms. The lowest BCUT2D eigenvalue weighted by Gasteiger charge is -1.94. The molecule has 0 saturated heterocycles. The van der Waals surface area contributed by atoms with Gasteiger partial charge in [-0.2, -0.15) is 5.10 Å². The summed E-state index contributed by atoms with van der Waals surface area (Å²) in [5, 5.41) is 15.7. The molecule has 19 heavy (non-hydrogen) atoms. The molecular formula is C12H15N3O2S2. The van der Waals surface area contributed by atoms with Gasteiger partial charge in [0.1, 0.15) is 0 Å². The van der Waals surface area contributed by atoms with Crippen LogP contribution in [0.3, 0.4) is 0 Å². The van der Waals surface area contributed by atoms with Gasteiger partial charge in [0, 0.05) is 18.3 Å². The molecule has 1 N–H and O–H groups in total. The van der Waals surface area contributed by atoms with Gasteiger partial charge in [-0.3, -0.25) is 4.79 Å². The molecule has 0 spiro atoms. The van der Waals surface area contributed by atoms with Gasteiger partial charge in [0.25, 0.3) is 0 Å². The van der Waals surface area contributed by atoms with E-state index in [0.29, 0.717) is 5.16 Å². The molecule has 0 unspecified atom stereocenters. The van der Waals surface area contributed by atoms with Gasteiger partial charge in [0.15, 0.2) is 11.0 Å². The first-order chi connectivity index (χ1) is 9.15. The Morgan fingerprint density at radius 2 is 2.37 bits per heavy atom. The average molecular weight is 297 g/mol. The second-order valence-corrected chi connectivity index (χ2v) is 6.02. The summed E-state index contributed by atoms with van der Waals surface area (Å²) >= 11 is 2.96. The highest BCUT2D eigenvalue weighted by atomic mass is 32.2. The first-order valence-electron chi connectivity index (χ1n) is 5.92. The first-order valence-corrected chi connectivity index (χ1v) is 7.78. The van der Waals surface area contributed by atoms with Crippen molar-refractivity contribution in [3.05, 3.63) is 28.2 Å². The summed E-state index contributed by atoms with van der Waals surface area (Å²) in [6.45, 7) is 0. The summed E-state index contributed by atoms with van der Waals surface area (Å²) in [6, 6.07) is 4.18. The van der Waals surface area contributed by atoms with Crippen molar-refractivity contribution >= 4 is 29.1 Å². The number of nitrogens with zero attached hydrogens (tertiary/aromatic N) is 3. The van der Waals surface area contributed by atoms with Crippen molar-refractivity contribution in [1.82, 2.24) is 14.8 Å². The highest BCUT2D eigenvalue weighted by Crippen LogP contribution is 2.16. The van der Waals surface area contributed by atoms with Gasteiger partial charge in [0.05, 0.1) is 5.75 Å². The Labute approximate surface area is 119 Å². The zero-order valence-electron chi connectivity index (χ0n) is 10.6. The predicted molar refractivity (Wildman–Crippen MR) is 75.7 cm³/mol. The standard InChI is InChI=1S/C12H15N3O2S2/c1-15-12(19-8-11(16)17)13-10(14-15)6-2-4-9-5-3-7-18-9/h3,5,7H,2,4,6,8H2,1H3,(H,16,17). The van der Waals surface area contributed by atoms with Gasteiger partial charge in [-0.05, 0) is 24.3 Å². The number of carboxylic acids is 1. The lowest BCUT2D eigenvalue weighted by Crippen LogP contribution is -2.00. The van der Waals surface area contributed by atoms with Crippen LogP contribution in [0.1, 0.15) is 17.1 Å². The molecule has 2 aromatic heterocycles. The van der Waals surface area contributed by atoms with Gasteiger partial charge in [-0.15, -0.1) is 11.3 Å². The number of carbonyl (C=O) groups is 1. The molecule has 0 radical (unpaired) electrons. The summed E-state index contributed by atoms with van der Waals surface area (Å²) in [5.41, 5.74) is 0. The van der Waals surface area contributed by atoms with Crippen LogP contribution in [-0.2, 0) is 24.7 Å². The Morgan fingerprint density at radius 1 is 1.53 bits per heavy atom. The van der Waals surface area contributed by atoms with Gasteiger partial charge < -0.3 is 5.11 Å². The summed E-state index contributed by atoms with van der Waals surface area (Å²) in [6.07, 6.45) is 2.86. The molecule has 0 bridgehead atoms. The normalized spacial score (nSPS) is 10.8. The van der Waals surface area contributed by atoms with Crippen molar-refractivity contribution in [3.63, 3.8) is 0 Å². The largest absolute Gasteiger partial charge is 0.481 e. The minimum absolute atomic E-state index is 0.0150. The molecule has 102 valence electrons. The maximum Gasteiger partial charge on any atom is 0.313 e. The Balaban J connectivity index is 1.83. The molecule has 0 aliphatic carbocycles. The highest BCUT2D eigenvalue weighted by Gasteiger charge is 2.09. The molecular weight excluding hydrogens is 282 g/mol. The van der Waals surface area contributed by atoms with Crippen molar-refractivity contribution in [2.45, 2.75) is 24.4 Å². The van der Waals surface area contributed by atoms with Crippen LogP contribution in [0.25, 0.3) is 0 Å². The molecule has 5 nitrogen and oxygen atoms in total. The number of aryl methyl sites for hydroxylation is 3. The summed E-state index contributed by atoms with van der Waals surface area (Å²) < 4.78 is 1.65. The second kappa shape index (κ2) is 6.72. The predicted octanol–water partition coefficient (Wildman–Crippen LogP) is 2.23. The molecule has 0 aliphatic heterocycles. The minimum Gasteiger partial charge on any atom is -0.481 e. The fourth-order valence-corrected chi connectivity index (χ4v) is 3.06. The van der Waals surface area contributed by atoms with Crippen LogP contribution in [0.4, 0.5) is 0 Å². The third-order valence-electron chi connectivity index (χ3n) is 2.50. The summed E-state index contributed by atoms with van der Waals surface area (Å²) in [7, 11) is 1.79. The van der Waals surface area contributed by atoms with Gasteiger partial charge in [-0.1, -0.05) is 17.8 Å². The smallest absolute Gasteiger partial charge is 0.313 e. The van der Waals surface area contributed by atoms with Crippen LogP contribution in [0, 0.1) is 0 Å². The number of thioether (sulfide) groups is 1. The van der Waals surface area contributed by atoms with E-state index in [1.807, 2.05) is 0 Å². The van der Waals surface area contributed by atoms with Crippen molar-refractivity contribution in [3.8, 4) is 0 Å². The van der Waals surface area contributed by atoms with E-state index in [2.05, 4.69) is 27.6 Å². The zero-order valence-corrected chi connectivity index (χ0v) is 12.2. The van der Waals surface area contributed by atoms with Crippen LogP contribution >= 0.6 is 23.1 Å². The third-order valence-corrected chi connectivity index (χ3v) is 4.44. The van der Waals surface area contributed by atoms with E-state index in [4.69, 9.17) is 5.11 Å². The van der Waals surface area contributed by atoms with Gasteiger partial charge in [-0.25, -0.2) is 9.67 Å². The minimum atomic E-state index is -0.841. The summed E-state index contributed by atoms with van der Waals surface area (Å²) in [5.74, 6) is -0.0413. The zero-order chi connectivity index (χ0) is 13.7. The number of rotatable bonds is 7. The molecule has 2 rings (SSSR count). The van der Waals surface area contributed by atoms with E-state index >= 15 is 0 Å². The van der Waals surface area contributed by atoms with Crippen LogP contribution in [0.5, 0.6) is 0 Å². The second-order valence-electron chi connectivity index (χ2n) is 4.05. The van der Waals surface area contributed by atoms with E-state index < -0.39 is 5.97 Å². The first kappa shape index (κ1) is 14.1. The van der Waals surface area contributed by atoms with Crippen molar-refractivity contribution < 1.29 is 9.90 Å². The van der Waals surface area contributed by atoms with Crippen LogP contribution < -0.4 is 0 Å². The quantitative estimate of drug-likeness (QED) is 0.794. The number of carboxylic acid groups (broad SMARTS) is 1. The van der Waals surface area contributed by atoms with Crippen molar-refractivity contribution in [2.75, 3.05) is 5.75 Å². The van der Waals surface area contributed by atoms with E-state index in [1.165, 1.54) is 16.6 Å². The fraction of sp³-hybridized carbons (Fsp3) is 0.417. The summed E-state index contributed by atoms with van der Waals surface area (Å²) in [4.78, 5) is 16.2. The number of aromatic nitrogens is 3. The maximum atomic E-state index is 10.5. The molecule has 0 saturated carbocycles. The molecule has 0 aromatic carbocycles. The van der Waals surface area contributed by atoms with E-state index in [1.54, 1.807) is 23.1 Å². The molecule has 0 atom stereocenters. The topological polar surface area (TPSA) is 68.0 Å². The average Bonchev–Trinajstić information content (AvgIpc) is 2.97. The van der Waals surface area contributed by atoms with Gasteiger partial charge >= 0.3 is 5.97 Å². The Hall–Kier alpha value is -1.34.